The van der Waals surface area contributed by atoms with Crippen molar-refractivity contribution in [1.29, 1.82) is 0 Å². The molecule has 1 fully saturated rings. The predicted octanol–water partition coefficient (Wildman–Crippen LogP) is 2.62. The maximum atomic E-state index is 12.5. The van der Waals surface area contributed by atoms with E-state index in [-0.39, 0.29) is 0 Å². The number of aryl methyl sites for hydroxylation is 2. The average molecular weight is 345 g/mol. The van der Waals surface area contributed by atoms with Crippen LogP contribution in [0.4, 0.5) is 0 Å². The van der Waals surface area contributed by atoms with E-state index in [9.17, 15) is 8.42 Å². The number of fused-ring (bicyclic) bond motifs is 1. The first-order valence-electron chi connectivity index (χ1n) is 8.76. The zero-order valence-electron chi connectivity index (χ0n) is 13.7. The summed E-state index contributed by atoms with van der Waals surface area (Å²) < 4.78 is 29.9. The molecule has 24 heavy (non-hydrogen) atoms. The van der Waals surface area contributed by atoms with Crippen LogP contribution in [-0.2, 0) is 29.4 Å². The van der Waals surface area contributed by atoms with Gasteiger partial charge in [0.25, 0.3) is 0 Å². The Hall–Kier alpha value is -1.66. The summed E-state index contributed by atoms with van der Waals surface area (Å²) in [6, 6.07) is 5.56. The molecule has 5 nitrogen and oxygen atoms in total. The first-order valence-corrected chi connectivity index (χ1v) is 10.2. The molecule has 2 aromatic rings. The van der Waals surface area contributed by atoms with Crippen LogP contribution in [0.2, 0.25) is 0 Å². The van der Waals surface area contributed by atoms with Crippen LogP contribution in [0, 0.1) is 0 Å². The lowest BCUT2D eigenvalue weighted by molar-refractivity contribution is 0.568. The lowest BCUT2D eigenvalue weighted by atomic mass is 9.92. The molecule has 1 aromatic heterocycles. The van der Waals surface area contributed by atoms with Crippen LogP contribution in [0.5, 0.6) is 0 Å². The highest BCUT2D eigenvalue weighted by atomic mass is 32.2. The normalized spacial score (nSPS) is 17.7. The summed E-state index contributed by atoms with van der Waals surface area (Å²) in [5.41, 5.74) is 2.49. The zero-order chi connectivity index (χ0) is 16.6. The molecule has 1 saturated carbocycles. The summed E-state index contributed by atoms with van der Waals surface area (Å²) in [6.07, 6.45) is 10.5. The number of nitrogens with zero attached hydrogens (tertiary/aromatic N) is 2. The van der Waals surface area contributed by atoms with E-state index >= 15 is 0 Å². The number of aromatic nitrogens is 2. The quantitative estimate of drug-likeness (QED) is 0.875. The number of hydrogen-bond donors (Lipinski definition) is 1. The number of nitrogens with one attached hydrogen (secondary N) is 1. The van der Waals surface area contributed by atoms with E-state index in [1.807, 2.05) is 18.3 Å². The second kappa shape index (κ2) is 6.33. The van der Waals surface area contributed by atoms with Crippen LogP contribution in [0.3, 0.4) is 0 Å². The largest absolute Gasteiger partial charge is 0.333 e. The van der Waals surface area contributed by atoms with Gasteiger partial charge in [0.05, 0.1) is 4.90 Å². The number of hydrogen-bond acceptors (Lipinski definition) is 3. The fraction of sp³-hybridized carbons (Fsp3) is 0.500. The molecule has 0 spiro atoms. The highest BCUT2D eigenvalue weighted by molar-refractivity contribution is 7.89. The average Bonchev–Trinajstić information content (AvgIpc) is 3.33. The minimum atomic E-state index is -3.45. The Morgan fingerprint density at radius 1 is 1.17 bits per heavy atom. The minimum absolute atomic E-state index is 0.384. The minimum Gasteiger partial charge on any atom is -0.333 e. The van der Waals surface area contributed by atoms with Crippen molar-refractivity contribution >= 4 is 10.0 Å². The van der Waals surface area contributed by atoms with Gasteiger partial charge in [0.1, 0.15) is 5.82 Å². The number of sulfonamides is 1. The van der Waals surface area contributed by atoms with E-state index in [1.54, 1.807) is 12.3 Å². The lowest BCUT2D eigenvalue weighted by Gasteiger charge is -2.17. The summed E-state index contributed by atoms with van der Waals surface area (Å²) in [5, 5.41) is 0. The summed E-state index contributed by atoms with van der Waals surface area (Å²) in [6.45, 7) is 1.01. The molecule has 0 unspecified atom stereocenters. The molecule has 0 atom stereocenters. The molecule has 0 amide bonds. The molecular weight excluding hydrogens is 322 g/mol. The fourth-order valence-corrected chi connectivity index (χ4v) is 4.54. The molecule has 1 aromatic carbocycles. The number of rotatable bonds is 6. The van der Waals surface area contributed by atoms with E-state index in [2.05, 4.69) is 14.3 Å². The summed E-state index contributed by atoms with van der Waals surface area (Å²) in [5.74, 6) is 1.65. The van der Waals surface area contributed by atoms with Crippen LogP contribution < -0.4 is 4.72 Å². The maximum Gasteiger partial charge on any atom is 0.240 e. The number of benzene rings is 1. The Kier molecular flexibility index (Phi) is 4.18. The highest BCUT2D eigenvalue weighted by Gasteiger charge is 2.27. The first kappa shape index (κ1) is 15.8. The highest BCUT2D eigenvalue weighted by Crippen LogP contribution is 2.38. The van der Waals surface area contributed by atoms with Crippen molar-refractivity contribution in [1.82, 2.24) is 14.3 Å². The molecule has 0 radical (unpaired) electrons. The van der Waals surface area contributed by atoms with Crippen molar-refractivity contribution in [3.05, 3.63) is 47.5 Å². The van der Waals surface area contributed by atoms with Gasteiger partial charge in [0.15, 0.2) is 0 Å². The Morgan fingerprint density at radius 2 is 1.96 bits per heavy atom. The van der Waals surface area contributed by atoms with E-state index in [4.69, 9.17) is 0 Å². The molecule has 4 rings (SSSR count). The van der Waals surface area contributed by atoms with Crippen LogP contribution in [0.1, 0.15) is 48.6 Å². The Morgan fingerprint density at radius 3 is 2.75 bits per heavy atom. The molecule has 2 aliphatic carbocycles. The second-order valence-corrected chi connectivity index (χ2v) is 8.56. The third-order valence-electron chi connectivity index (χ3n) is 4.97. The third kappa shape index (κ3) is 3.26. The molecule has 0 aliphatic heterocycles. The van der Waals surface area contributed by atoms with E-state index in [0.29, 0.717) is 23.9 Å². The standard InChI is InChI=1S/C18H23N3O2S/c22-24(23,17-8-7-14-3-1-2-4-16(14)13-17)20-10-12-21-11-9-19-18(21)15-5-6-15/h7-9,11,13,15,20H,1-6,10,12H2. The van der Waals surface area contributed by atoms with Gasteiger partial charge in [-0.05, 0) is 61.8 Å². The van der Waals surface area contributed by atoms with Gasteiger partial charge >= 0.3 is 0 Å². The molecule has 6 heteroatoms. The van der Waals surface area contributed by atoms with E-state index in [1.165, 1.54) is 30.4 Å². The van der Waals surface area contributed by atoms with Crippen molar-refractivity contribution < 1.29 is 8.42 Å². The van der Waals surface area contributed by atoms with Crippen molar-refractivity contribution in [2.24, 2.45) is 0 Å². The van der Waals surface area contributed by atoms with Crippen molar-refractivity contribution in [2.75, 3.05) is 6.54 Å². The molecule has 0 saturated heterocycles. The van der Waals surface area contributed by atoms with Gasteiger partial charge in [0.2, 0.25) is 10.0 Å². The second-order valence-electron chi connectivity index (χ2n) is 6.79. The van der Waals surface area contributed by atoms with Crippen LogP contribution >= 0.6 is 0 Å². The molecule has 128 valence electrons. The van der Waals surface area contributed by atoms with Crippen LogP contribution in [-0.4, -0.2) is 24.5 Å². The monoisotopic (exact) mass is 345 g/mol. The Bertz CT molecular complexity index is 838. The summed E-state index contributed by atoms with van der Waals surface area (Å²) in [7, 11) is -3.45. The Labute approximate surface area is 143 Å². The maximum absolute atomic E-state index is 12.5. The number of imidazole rings is 1. The SMILES string of the molecule is O=S(=O)(NCCn1ccnc1C1CC1)c1ccc2c(c1)CCCC2. The van der Waals surface area contributed by atoms with Gasteiger partial charge in [-0.3, -0.25) is 0 Å². The third-order valence-corrected chi connectivity index (χ3v) is 6.42. The molecule has 0 bridgehead atoms. The zero-order valence-corrected chi connectivity index (χ0v) is 14.6. The van der Waals surface area contributed by atoms with Crippen LogP contribution in [0.15, 0.2) is 35.5 Å². The smallest absolute Gasteiger partial charge is 0.240 e. The van der Waals surface area contributed by atoms with Gasteiger partial charge in [-0.15, -0.1) is 0 Å². The van der Waals surface area contributed by atoms with Gasteiger partial charge in [0, 0.05) is 31.4 Å². The summed E-state index contributed by atoms with van der Waals surface area (Å²) in [4.78, 5) is 4.77. The molecular formula is C18H23N3O2S. The van der Waals surface area contributed by atoms with Crippen molar-refractivity contribution in [3.63, 3.8) is 0 Å². The summed E-state index contributed by atoms with van der Waals surface area (Å²) >= 11 is 0. The molecule has 2 aliphatic rings. The fourth-order valence-electron chi connectivity index (χ4n) is 3.47. The van der Waals surface area contributed by atoms with Gasteiger partial charge in [-0.2, -0.15) is 0 Å². The van der Waals surface area contributed by atoms with Gasteiger partial charge < -0.3 is 4.57 Å². The van der Waals surface area contributed by atoms with Crippen molar-refractivity contribution in [3.8, 4) is 0 Å². The van der Waals surface area contributed by atoms with E-state index < -0.39 is 10.0 Å². The Balaban J connectivity index is 1.42. The first-order chi connectivity index (χ1) is 11.6. The van der Waals surface area contributed by atoms with E-state index in [0.717, 1.165) is 25.1 Å². The molecule has 1 N–H and O–H groups in total. The molecule has 1 heterocycles. The topological polar surface area (TPSA) is 64.0 Å². The van der Waals surface area contributed by atoms with Crippen molar-refractivity contribution in [2.45, 2.75) is 55.9 Å². The lowest BCUT2D eigenvalue weighted by Crippen LogP contribution is -2.28. The van der Waals surface area contributed by atoms with Gasteiger partial charge in [-0.1, -0.05) is 6.07 Å². The van der Waals surface area contributed by atoms with Gasteiger partial charge in [-0.25, -0.2) is 18.1 Å². The predicted molar refractivity (Wildman–Crippen MR) is 92.5 cm³/mol. The van der Waals surface area contributed by atoms with Crippen LogP contribution in [0.25, 0.3) is 0 Å².